The highest BCUT2D eigenvalue weighted by Crippen LogP contribution is 2.17. The summed E-state index contributed by atoms with van der Waals surface area (Å²) in [7, 11) is 0. The van der Waals surface area contributed by atoms with Gasteiger partial charge in [-0.25, -0.2) is 0 Å². The maximum atomic E-state index is 11.5. The third kappa shape index (κ3) is 2.03. The van der Waals surface area contributed by atoms with Crippen LogP contribution in [0.2, 0.25) is 0 Å². The topological polar surface area (TPSA) is 54.9 Å². The zero-order valence-corrected chi connectivity index (χ0v) is 8.01. The fourth-order valence-corrected chi connectivity index (χ4v) is 2.03. The molecule has 0 unspecified atom stereocenters. The van der Waals surface area contributed by atoms with Crippen LogP contribution in [0.4, 0.5) is 0 Å². The van der Waals surface area contributed by atoms with Gasteiger partial charge in [-0.2, -0.15) is 0 Å². The Balaban J connectivity index is 1.91. The molecule has 0 aliphatic heterocycles. The molecule has 0 aromatic carbocycles. The first-order valence-corrected chi connectivity index (χ1v) is 5.28. The van der Waals surface area contributed by atoms with Crippen molar-refractivity contribution in [1.29, 1.82) is 0 Å². The number of rotatable bonds is 2. The van der Waals surface area contributed by atoms with Gasteiger partial charge in [-0.3, -0.25) is 4.79 Å². The van der Waals surface area contributed by atoms with Crippen LogP contribution in [0.5, 0.6) is 0 Å². The van der Waals surface area contributed by atoms with E-state index in [0.29, 0.717) is 11.7 Å². The lowest BCUT2D eigenvalue weighted by atomic mass is 10.2. The first-order chi connectivity index (χ1) is 6.36. The van der Waals surface area contributed by atoms with Gasteiger partial charge in [0.15, 0.2) is 5.69 Å². The smallest absolute Gasteiger partial charge is 0.272 e. The molecule has 5 heteroatoms. The Hall–Kier alpha value is -0.970. The standard InChI is InChI=1S/C8H11N3OS/c12-8(7-5-13-11-10-7)9-6-3-1-2-4-6/h5-6H,1-4H2,(H,9,12). The molecule has 0 radical (unpaired) electrons. The van der Waals surface area contributed by atoms with Crippen LogP contribution in [0, 0.1) is 0 Å². The zero-order valence-electron chi connectivity index (χ0n) is 7.19. The molecule has 1 fully saturated rings. The quantitative estimate of drug-likeness (QED) is 0.775. The van der Waals surface area contributed by atoms with Crippen LogP contribution in [0.3, 0.4) is 0 Å². The van der Waals surface area contributed by atoms with Crippen molar-refractivity contribution < 1.29 is 4.79 Å². The van der Waals surface area contributed by atoms with E-state index in [0.717, 1.165) is 12.8 Å². The van der Waals surface area contributed by atoms with Gasteiger partial charge < -0.3 is 5.32 Å². The van der Waals surface area contributed by atoms with Crippen molar-refractivity contribution in [3.63, 3.8) is 0 Å². The Kier molecular flexibility index (Phi) is 2.54. The van der Waals surface area contributed by atoms with Crippen molar-refractivity contribution in [2.45, 2.75) is 31.7 Å². The van der Waals surface area contributed by atoms with E-state index in [1.54, 1.807) is 5.38 Å². The Morgan fingerprint density at radius 1 is 1.54 bits per heavy atom. The number of nitrogens with zero attached hydrogens (tertiary/aromatic N) is 2. The van der Waals surface area contributed by atoms with E-state index in [1.807, 2.05) is 0 Å². The number of amides is 1. The highest BCUT2D eigenvalue weighted by Gasteiger charge is 2.18. The normalized spacial score (nSPS) is 17.5. The average Bonchev–Trinajstić information content (AvgIpc) is 2.74. The zero-order chi connectivity index (χ0) is 9.10. The number of hydrogen-bond donors (Lipinski definition) is 1. The summed E-state index contributed by atoms with van der Waals surface area (Å²) in [5.41, 5.74) is 0.442. The summed E-state index contributed by atoms with van der Waals surface area (Å²) in [6, 6.07) is 0.356. The summed E-state index contributed by atoms with van der Waals surface area (Å²) in [5, 5.41) is 8.33. The van der Waals surface area contributed by atoms with Crippen molar-refractivity contribution in [3.8, 4) is 0 Å². The molecule has 1 saturated carbocycles. The highest BCUT2D eigenvalue weighted by molar-refractivity contribution is 7.03. The first kappa shape index (κ1) is 8.62. The fraction of sp³-hybridized carbons (Fsp3) is 0.625. The van der Waals surface area contributed by atoms with Crippen molar-refractivity contribution in [3.05, 3.63) is 11.1 Å². The van der Waals surface area contributed by atoms with Crippen molar-refractivity contribution >= 4 is 17.4 Å². The predicted octanol–water partition coefficient (Wildman–Crippen LogP) is 1.21. The Labute approximate surface area is 80.5 Å². The molecule has 1 aromatic rings. The minimum absolute atomic E-state index is 0.0827. The summed E-state index contributed by atoms with van der Waals surface area (Å²) < 4.78 is 3.65. The number of carbonyl (C=O) groups excluding carboxylic acids is 1. The molecule has 0 bridgehead atoms. The van der Waals surface area contributed by atoms with E-state index in [1.165, 1.54) is 24.4 Å². The Bertz CT molecular complexity index is 280. The van der Waals surface area contributed by atoms with Crippen LogP contribution < -0.4 is 5.32 Å². The van der Waals surface area contributed by atoms with Crippen LogP contribution in [-0.2, 0) is 0 Å². The molecule has 1 aliphatic carbocycles. The molecule has 13 heavy (non-hydrogen) atoms. The Morgan fingerprint density at radius 3 is 2.92 bits per heavy atom. The van der Waals surface area contributed by atoms with Gasteiger partial charge in [-0.05, 0) is 24.4 Å². The van der Waals surface area contributed by atoms with Crippen LogP contribution >= 0.6 is 11.5 Å². The van der Waals surface area contributed by atoms with Crippen LogP contribution in [0.1, 0.15) is 36.2 Å². The Morgan fingerprint density at radius 2 is 2.31 bits per heavy atom. The summed E-state index contributed by atoms with van der Waals surface area (Å²) in [4.78, 5) is 11.5. The highest BCUT2D eigenvalue weighted by atomic mass is 32.1. The molecule has 2 rings (SSSR count). The molecular weight excluding hydrogens is 186 g/mol. The molecule has 1 aliphatic rings. The molecule has 1 amide bonds. The molecule has 1 heterocycles. The van der Waals surface area contributed by atoms with Gasteiger partial charge in [0.1, 0.15) is 0 Å². The molecule has 4 nitrogen and oxygen atoms in total. The van der Waals surface area contributed by atoms with Gasteiger partial charge in [0, 0.05) is 11.4 Å². The number of carbonyl (C=O) groups is 1. The van der Waals surface area contributed by atoms with E-state index in [4.69, 9.17) is 0 Å². The van der Waals surface area contributed by atoms with Gasteiger partial charge in [-0.15, -0.1) is 5.10 Å². The molecule has 0 saturated heterocycles. The van der Waals surface area contributed by atoms with Crippen molar-refractivity contribution in [1.82, 2.24) is 14.9 Å². The summed E-state index contributed by atoms with van der Waals surface area (Å²) >= 11 is 1.20. The number of aromatic nitrogens is 2. The average molecular weight is 197 g/mol. The van der Waals surface area contributed by atoms with Crippen LogP contribution in [0.15, 0.2) is 5.38 Å². The predicted molar refractivity (Wildman–Crippen MR) is 49.6 cm³/mol. The third-order valence-corrected chi connectivity index (χ3v) is 2.79. The monoisotopic (exact) mass is 197 g/mol. The van der Waals surface area contributed by atoms with Gasteiger partial charge in [0.2, 0.25) is 0 Å². The molecule has 1 aromatic heterocycles. The van der Waals surface area contributed by atoms with E-state index in [9.17, 15) is 4.79 Å². The maximum absolute atomic E-state index is 11.5. The van der Waals surface area contributed by atoms with Gasteiger partial charge in [0.25, 0.3) is 5.91 Å². The number of hydrogen-bond acceptors (Lipinski definition) is 4. The second-order valence-electron chi connectivity index (χ2n) is 3.24. The van der Waals surface area contributed by atoms with E-state index in [2.05, 4.69) is 14.9 Å². The summed E-state index contributed by atoms with van der Waals surface area (Å²) in [6.07, 6.45) is 4.65. The van der Waals surface area contributed by atoms with Gasteiger partial charge in [0.05, 0.1) is 0 Å². The van der Waals surface area contributed by atoms with Crippen molar-refractivity contribution in [2.24, 2.45) is 0 Å². The first-order valence-electron chi connectivity index (χ1n) is 4.44. The second kappa shape index (κ2) is 3.83. The number of nitrogens with one attached hydrogen (secondary N) is 1. The fourth-order valence-electron chi connectivity index (χ4n) is 1.59. The maximum Gasteiger partial charge on any atom is 0.272 e. The SMILES string of the molecule is O=C(NC1CCCC1)c1csnn1. The van der Waals surface area contributed by atoms with Crippen molar-refractivity contribution in [2.75, 3.05) is 0 Å². The molecule has 0 atom stereocenters. The minimum Gasteiger partial charge on any atom is -0.348 e. The lowest BCUT2D eigenvalue weighted by Crippen LogP contribution is -2.32. The lowest BCUT2D eigenvalue weighted by molar-refractivity contribution is 0.0933. The molecule has 1 N–H and O–H groups in total. The molecule has 70 valence electrons. The summed E-state index contributed by atoms with van der Waals surface area (Å²) in [5.74, 6) is -0.0827. The lowest BCUT2D eigenvalue weighted by Gasteiger charge is -2.09. The van der Waals surface area contributed by atoms with Gasteiger partial charge >= 0.3 is 0 Å². The van der Waals surface area contributed by atoms with E-state index >= 15 is 0 Å². The van der Waals surface area contributed by atoms with Crippen LogP contribution in [-0.4, -0.2) is 21.5 Å². The second-order valence-corrected chi connectivity index (χ2v) is 3.85. The van der Waals surface area contributed by atoms with Gasteiger partial charge in [-0.1, -0.05) is 17.3 Å². The van der Waals surface area contributed by atoms with E-state index in [-0.39, 0.29) is 5.91 Å². The largest absolute Gasteiger partial charge is 0.348 e. The third-order valence-electron chi connectivity index (χ3n) is 2.28. The minimum atomic E-state index is -0.0827. The van der Waals surface area contributed by atoms with E-state index < -0.39 is 0 Å². The summed E-state index contributed by atoms with van der Waals surface area (Å²) in [6.45, 7) is 0. The van der Waals surface area contributed by atoms with Crippen LogP contribution in [0.25, 0.3) is 0 Å². The molecular formula is C8H11N3OS. The molecule has 0 spiro atoms.